The predicted octanol–water partition coefficient (Wildman–Crippen LogP) is 7.29. The monoisotopic (exact) mass is 500 g/mol. The van der Waals surface area contributed by atoms with Gasteiger partial charge in [-0.25, -0.2) is 9.78 Å². The molecule has 0 saturated heterocycles. The third kappa shape index (κ3) is 5.77. The number of halogens is 1. The minimum atomic E-state index is -0.302. The molecule has 0 saturated carbocycles. The second-order valence-electron chi connectivity index (χ2n) is 7.67. The lowest BCUT2D eigenvalue weighted by Gasteiger charge is -2.12. The van der Waals surface area contributed by atoms with Crippen LogP contribution in [-0.4, -0.2) is 16.0 Å². The van der Waals surface area contributed by atoms with Crippen molar-refractivity contribution in [1.29, 1.82) is 0 Å². The Balaban J connectivity index is 1.14. The predicted molar refractivity (Wildman–Crippen MR) is 142 cm³/mol. The summed E-state index contributed by atoms with van der Waals surface area (Å²) < 4.78 is 8.65. The number of amides is 2. The van der Waals surface area contributed by atoms with Gasteiger partial charge in [-0.1, -0.05) is 60.1 Å². The van der Waals surface area contributed by atoms with E-state index in [4.69, 9.17) is 16.3 Å². The number of fused-ring (bicyclic) bond motifs is 1. The summed E-state index contributed by atoms with van der Waals surface area (Å²) in [5.41, 5.74) is 4.46. The number of benzene rings is 4. The fourth-order valence-corrected chi connectivity index (χ4v) is 4.28. The second-order valence-corrected chi connectivity index (χ2v) is 8.99. The highest BCUT2D eigenvalue weighted by Crippen LogP contribution is 2.28. The van der Waals surface area contributed by atoms with Crippen molar-refractivity contribution in [3.05, 3.63) is 108 Å². The van der Waals surface area contributed by atoms with Crippen molar-refractivity contribution in [1.82, 2.24) is 14.7 Å². The molecule has 35 heavy (non-hydrogen) atoms. The van der Waals surface area contributed by atoms with Crippen molar-refractivity contribution in [3.63, 3.8) is 0 Å². The van der Waals surface area contributed by atoms with Crippen LogP contribution >= 0.6 is 23.5 Å². The zero-order valence-corrected chi connectivity index (χ0v) is 20.1. The molecule has 0 aliphatic carbocycles. The van der Waals surface area contributed by atoms with Crippen LogP contribution in [0.4, 0.5) is 10.5 Å². The molecule has 0 unspecified atom stereocenters. The van der Waals surface area contributed by atoms with Gasteiger partial charge in [-0.15, -0.1) is 0 Å². The number of ether oxygens (including phenoxy) is 1. The summed E-state index contributed by atoms with van der Waals surface area (Å²) in [6, 6.07) is 30.3. The van der Waals surface area contributed by atoms with Crippen LogP contribution in [0, 0.1) is 0 Å². The fourth-order valence-electron chi connectivity index (χ4n) is 3.57. The highest BCUT2D eigenvalue weighted by molar-refractivity contribution is 7.98. The summed E-state index contributed by atoms with van der Waals surface area (Å²) in [6.07, 6.45) is 0. The number of hydrogen-bond donors (Lipinski definition) is 3. The molecule has 4 aromatic carbocycles. The van der Waals surface area contributed by atoms with Crippen molar-refractivity contribution in [2.75, 3.05) is 5.32 Å². The van der Waals surface area contributed by atoms with E-state index in [2.05, 4.69) is 20.0 Å². The number of rotatable bonds is 7. The smallest absolute Gasteiger partial charge is 0.329 e. The second kappa shape index (κ2) is 10.5. The Morgan fingerprint density at radius 3 is 2.54 bits per heavy atom. The number of H-pyrrole nitrogens is 1. The number of aromatic nitrogens is 2. The standard InChI is InChI=1S/C27H21ClN4O2S/c28-19-10-15-24-25(16-19)30-26(29-24)17-34-20-11-13-21(14-12-20)35-32-27(33)31-23-9-5-4-8-22(23)18-6-2-1-3-7-18/h1-16H,17H2,(H,29,30)(H2,31,32,33). The molecule has 3 N–H and O–H groups in total. The summed E-state index contributed by atoms with van der Waals surface area (Å²) >= 11 is 7.25. The fraction of sp³-hybridized carbons (Fsp3) is 0.0370. The number of imidazole rings is 1. The van der Waals surface area contributed by atoms with Gasteiger partial charge in [0, 0.05) is 15.5 Å². The Kier molecular flexibility index (Phi) is 6.88. The van der Waals surface area contributed by atoms with Crippen LogP contribution in [0.5, 0.6) is 5.75 Å². The van der Waals surface area contributed by atoms with Gasteiger partial charge in [0.2, 0.25) is 0 Å². The molecule has 0 atom stereocenters. The number of urea groups is 1. The highest BCUT2D eigenvalue weighted by Gasteiger charge is 2.09. The van der Waals surface area contributed by atoms with Gasteiger partial charge in [0.15, 0.2) is 0 Å². The van der Waals surface area contributed by atoms with E-state index in [1.807, 2.05) is 97.1 Å². The maximum Gasteiger partial charge on any atom is 0.329 e. The lowest BCUT2D eigenvalue weighted by molar-refractivity contribution is 0.257. The molecular formula is C27H21ClN4O2S. The quantitative estimate of drug-likeness (QED) is 0.205. The minimum Gasteiger partial charge on any atom is -0.486 e. The zero-order valence-electron chi connectivity index (χ0n) is 18.5. The van der Waals surface area contributed by atoms with Crippen molar-refractivity contribution in [2.24, 2.45) is 0 Å². The van der Waals surface area contributed by atoms with Crippen LogP contribution in [-0.2, 0) is 6.61 Å². The zero-order chi connectivity index (χ0) is 24.0. The number of carbonyl (C=O) groups is 1. The van der Waals surface area contributed by atoms with Gasteiger partial charge in [-0.3, -0.25) is 4.72 Å². The van der Waals surface area contributed by atoms with E-state index in [-0.39, 0.29) is 6.03 Å². The van der Waals surface area contributed by atoms with Crippen molar-refractivity contribution < 1.29 is 9.53 Å². The van der Waals surface area contributed by atoms with E-state index in [0.29, 0.717) is 17.4 Å². The van der Waals surface area contributed by atoms with Crippen molar-refractivity contribution in [3.8, 4) is 16.9 Å². The van der Waals surface area contributed by atoms with E-state index >= 15 is 0 Å². The summed E-state index contributed by atoms with van der Waals surface area (Å²) in [4.78, 5) is 21.1. The van der Waals surface area contributed by atoms with Gasteiger partial charge < -0.3 is 15.0 Å². The molecule has 174 valence electrons. The molecule has 5 rings (SSSR count). The van der Waals surface area contributed by atoms with Crippen LogP contribution < -0.4 is 14.8 Å². The molecule has 0 bridgehead atoms. The Bertz CT molecular complexity index is 1460. The van der Waals surface area contributed by atoms with Gasteiger partial charge >= 0.3 is 6.03 Å². The lowest BCUT2D eigenvalue weighted by Crippen LogP contribution is -2.23. The van der Waals surface area contributed by atoms with Crippen LogP contribution in [0.15, 0.2) is 102 Å². The van der Waals surface area contributed by atoms with Crippen LogP contribution in [0.1, 0.15) is 5.82 Å². The van der Waals surface area contributed by atoms with Gasteiger partial charge in [0.25, 0.3) is 0 Å². The first-order valence-corrected chi connectivity index (χ1v) is 12.1. The van der Waals surface area contributed by atoms with Gasteiger partial charge in [-0.2, -0.15) is 0 Å². The Hall–Kier alpha value is -3.94. The number of anilines is 1. The third-order valence-electron chi connectivity index (χ3n) is 5.21. The maximum absolute atomic E-state index is 12.5. The van der Waals surface area contributed by atoms with Gasteiger partial charge in [-0.05, 0) is 66.0 Å². The molecule has 8 heteroatoms. The van der Waals surface area contributed by atoms with E-state index in [9.17, 15) is 4.79 Å². The average molecular weight is 501 g/mol. The van der Waals surface area contributed by atoms with Crippen LogP contribution in [0.3, 0.4) is 0 Å². The molecule has 0 aliphatic heterocycles. The number of para-hydroxylation sites is 1. The number of aromatic amines is 1. The Labute approximate surface area is 211 Å². The molecule has 1 heterocycles. The van der Waals surface area contributed by atoms with Crippen molar-refractivity contribution >= 4 is 46.3 Å². The maximum atomic E-state index is 12.5. The molecule has 5 aromatic rings. The van der Waals surface area contributed by atoms with Gasteiger partial charge in [0.1, 0.15) is 18.2 Å². The average Bonchev–Trinajstić information content (AvgIpc) is 3.30. The highest BCUT2D eigenvalue weighted by atomic mass is 35.5. The minimum absolute atomic E-state index is 0.302. The third-order valence-corrected chi connectivity index (χ3v) is 6.24. The number of hydrogen-bond acceptors (Lipinski definition) is 4. The van der Waals surface area contributed by atoms with E-state index < -0.39 is 0 Å². The molecule has 0 fully saturated rings. The van der Waals surface area contributed by atoms with Crippen molar-refractivity contribution in [2.45, 2.75) is 11.5 Å². The normalized spacial score (nSPS) is 10.8. The Morgan fingerprint density at radius 1 is 0.943 bits per heavy atom. The molecule has 0 spiro atoms. The molecular weight excluding hydrogens is 480 g/mol. The van der Waals surface area contributed by atoms with Crippen LogP contribution in [0.25, 0.3) is 22.2 Å². The number of carbonyl (C=O) groups excluding carboxylic acids is 1. The largest absolute Gasteiger partial charge is 0.486 e. The summed E-state index contributed by atoms with van der Waals surface area (Å²) in [5.74, 6) is 1.42. The first-order valence-electron chi connectivity index (χ1n) is 10.9. The molecule has 1 aromatic heterocycles. The first-order chi connectivity index (χ1) is 17.1. The van der Waals surface area contributed by atoms with Crippen LogP contribution in [0.2, 0.25) is 5.02 Å². The number of nitrogens with one attached hydrogen (secondary N) is 3. The SMILES string of the molecule is O=C(NSc1ccc(OCc2nc3ccc(Cl)cc3[nH]2)cc1)Nc1ccccc1-c1ccccc1. The summed E-state index contributed by atoms with van der Waals surface area (Å²) in [7, 11) is 0. The number of nitrogens with zero attached hydrogens (tertiary/aromatic N) is 1. The van der Waals surface area contributed by atoms with E-state index in [1.54, 1.807) is 0 Å². The molecule has 2 amide bonds. The Morgan fingerprint density at radius 2 is 1.71 bits per heavy atom. The molecule has 0 radical (unpaired) electrons. The topological polar surface area (TPSA) is 79.0 Å². The summed E-state index contributed by atoms with van der Waals surface area (Å²) in [6.45, 7) is 0.306. The molecule has 6 nitrogen and oxygen atoms in total. The first kappa shape index (κ1) is 22.8. The lowest BCUT2D eigenvalue weighted by atomic mass is 10.0. The van der Waals surface area contributed by atoms with E-state index in [1.165, 1.54) is 11.9 Å². The molecule has 0 aliphatic rings. The van der Waals surface area contributed by atoms with E-state index in [0.717, 1.165) is 38.6 Å². The van der Waals surface area contributed by atoms with Gasteiger partial charge in [0.05, 0.1) is 16.7 Å². The summed E-state index contributed by atoms with van der Waals surface area (Å²) in [5, 5.41) is 3.59.